The van der Waals surface area contributed by atoms with E-state index in [1.54, 1.807) is 6.08 Å². The highest BCUT2D eigenvalue weighted by atomic mass is 16.1. The molecule has 2 heteroatoms. The van der Waals surface area contributed by atoms with Crippen LogP contribution in [-0.4, -0.2) is 12.6 Å². The third-order valence-corrected chi connectivity index (χ3v) is 1.52. The van der Waals surface area contributed by atoms with Crippen LogP contribution in [0.1, 0.15) is 12.8 Å². The Morgan fingerprint density at radius 2 is 2.10 bits per heavy atom. The van der Waals surface area contributed by atoms with Gasteiger partial charge in [-0.25, -0.2) is 0 Å². The molecule has 0 aromatic carbocycles. The number of hydrogen-bond acceptors (Lipinski definition) is 2. The quantitative estimate of drug-likeness (QED) is 0.531. The van der Waals surface area contributed by atoms with Crippen LogP contribution in [0, 0.1) is 0 Å². The maximum atomic E-state index is 10.3. The summed E-state index contributed by atoms with van der Waals surface area (Å²) in [6, 6.07) is 0. The summed E-state index contributed by atoms with van der Waals surface area (Å²) >= 11 is 0. The highest BCUT2D eigenvalue weighted by Gasteiger charge is 2.04. The lowest BCUT2D eigenvalue weighted by molar-refractivity contribution is -0.107. The molecule has 0 radical (unpaired) electrons. The molecule has 0 bridgehead atoms. The normalized spacial score (nSPS) is 17.2. The molecule has 1 rings (SSSR count). The minimum Gasteiger partial charge on any atom is -0.298 e. The first-order chi connectivity index (χ1) is 4.88. The van der Waals surface area contributed by atoms with Crippen molar-refractivity contribution in [1.29, 1.82) is 0 Å². The van der Waals surface area contributed by atoms with E-state index < -0.39 is 0 Å². The van der Waals surface area contributed by atoms with Gasteiger partial charge in [-0.1, -0.05) is 12.2 Å². The van der Waals surface area contributed by atoms with Gasteiger partial charge < -0.3 is 0 Å². The van der Waals surface area contributed by atoms with Gasteiger partial charge in [0, 0.05) is 11.1 Å². The van der Waals surface area contributed by atoms with Crippen LogP contribution >= 0.6 is 0 Å². The number of rotatable bonds is 2. The van der Waals surface area contributed by atoms with E-state index in [1.165, 1.54) is 0 Å². The van der Waals surface area contributed by atoms with Crippen molar-refractivity contribution in [3.63, 3.8) is 0 Å². The summed E-state index contributed by atoms with van der Waals surface area (Å²) in [6.45, 7) is 0. The lowest BCUT2D eigenvalue weighted by Gasteiger charge is -2.03. The second kappa shape index (κ2) is 3.11. The van der Waals surface area contributed by atoms with Crippen LogP contribution in [0.25, 0.3) is 0 Å². The molecule has 0 saturated heterocycles. The monoisotopic (exact) mass is 136 g/mol. The second-order valence-electron chi connectivity index (χ2n) is 2.16. The Labute approximate surface area is 59.2 Å². The van der Waals surface area contributed by atoms with Crippen LogP contribution in [0.2, 0.25) is 0 Å². The average Bonchev–Trinajstić information content (AvgIpc) is 2.04. The molecule has 0 saturated carbocycles. The predicted octanol–water partition coefficient (Wildman–Crippen LogP) is 1.03. The standard InChI is InChI=1S/C8H8O2/c9-5-7-3-1-2-4-8(7)6-10/h1,3,5-6H,2,4H2. The fourth-order valence-electron chi connectivity index (χ4n) is 0.942. The van der Waals surface area contributed by atoms with Gasteiger partial charge in [-0.05, 0) is 12.8 Å². The van der Waals surface area contributed by atoms with E-state index in [-0.39, 0.29) is 0 Å². The van der Waals surface area contributed by atoms with Gasteiger partial charge in [-0.2, -0.15) is 0 Å². The number of carbonyl (C=O) groups excluding carboxylic acids is 2. The van der Waals surface area contributed by atoms with E-state index in [2.05, 4.69) is 0 Å². The predicted molar refractivity (Wildman–Crippen MR) is 37.5 cm³/mol. The van der Waals surface area contributed by atoms with Gasteiger partial charge in [0.1, 0.15) is 12.6 Å². The summed E-state index contributed by atoms with van der Waals surface area (Å²) in [6.07, 6.45) is 6.64. The summed E-state index contributed by atoms with van der Waals surface area (Å²) < 4.78 is 0. The molecule has 0 aromatic rings. The molecule has 2 nitrogen and oxygen atoms in total. The molecule has 1 aliphatic rings. The first kappa shape index (κ1) is 6.93. The Bertz CT molecular complexity index is 211. The molecule has 0 spiro atoms. The van der Waals surface area contributed by atoms with Crippen LogP contribution in [0.4, 0.5) is 0 Å². The molecule has 0 amide bonds. The van der Waals surface area contributed by atoms with Gasteiger partial charge in [-0.3, -0.25) is 9.59 Å². The second-order valence-corrected chi connectivity index (χ2v) is 2.16. The number of aldehydes is 2. The largest absolute Gasteiger partial charge is 0.298 e. The van der Waals surface area contributed by atoms with Crippen molar-refractivity contribution in [3.8, 4) is 0 Å². The first-order valence-corrected chi connectivity index (χ1v) is 3.18. The van der Waals surface area contributed by atoms with Gasteiger partial charge in [0.05, 0.1) is 0 Å². The van der Waals surface area contributed by atoms with Crippen molar-refractivity contribution >= 4 is 12.6 Å². The first-order valence-electron chi connectivity index (χ1n) is 3.18. The third-order valence-electron chi connectivity index (χ3n) is 1.52. The number of carbonyl (C=O) groups is 2. The van der Waals surface area contributed by atoms with Crippen LogP contribution < -0.4 is 0 Å². The van der Waals surface area contributed by atoms with Gasteiger partial charge in [0.25, 0.3) is 0 Å². The molecule has 0 heterocycles. The van der Waals surface area contributed by atoms with E-state index in [4.69, 9.17) is 0 Å². The van der Waals surface area contributed by atoms with E-state index in [9.17, 15) is 9.59 Å². The van der Waals surface area contributed by atoms with Crippen molar-refractivity contribution in [3.05, 3.63) is 23.3 Å². The molecule has 0 fully saturated rings. The molecule has 10 heavy (non-hydrogen) atoms. The fraction of sp³-hybridized carbons (Fsp3) is 0.250. The zero-order valence-electron chi connectivity index (χ0n) is 5.54. The SMILES string of the molecule is O=CC1=C(C=O)CCC=C1. The maximum absolute atomic E-state index is 10.3. The van der Waals surface area contributed by atoms with Crippen molar-refractivity contribution in [2.75, 3.05) is 0 Å². The lowest BCUT2D eigenvalue weighted by Crippen LogP contribution is -1.96. The summed E-state index contributed by atoms with van der Waals surface area (Å²) in [5, 5.41) is 0. The average molecular weight is 136 g/mol. The van der Waals surface area contributed by atoms with Crippen molar-refractivity contribution < 1.29 is 9.59 Å². The summed E-state index contributed by atoms with van der Waals surface area (Å²) in [7, 11) is 0. The van der Waals surface area contributed by atoms with E-state index in [1.807, 2.05) is 6.08 Å². The van der Waals surface area contributed by atoms with E-state index in [0.29, 0.717) is 17.6 Å². The summed E-state index contributed by atoms with van der Waals surface area (Å²) in [5.41, 5.74) is 1.15. The van der Waals surface area contributed by atoms with Crippen LogP contribution in [-0.2, 0) is 9.59 Å². The number of hydrogen-bond donors (Lipinski definition) is 0. The minimum absolute atomic E-state index is 0.529. The molecule has 0 atom stereocenters. The summed E-state index contributed by atoms with van der Waals surface area (Å²) in [4.78, 5) is 20.5. The van der Waals surface area contributed by atoms with Crippen LogP contribution in [0.3, 0.4) is 0 Å². The Morgan fingerprint density at radius 1 is 1.30 bits per heavy atom. The Kier molecular flexibility index (Phi) is 2.15. The van der Waals surface area contributed by atoms with E-state index in [0.717, 1.165) is 19.0 Å². The number of allylic oxidation sites excluding steroid dienone is 4. The molecule has 52 valence electrons. The topological polar surface area (TPSA) is 34.1 Å². The van der Waals surface area contributed by atoms with Crippen molar-refractivity contribution in [2.45, 2.75) is 12.8 Å². The Hall–Kier alpha value is -1.18. The molecule has 1 aliphatic carbocycles. The zero-order chi connectivity index (χ0) is 7.40. The smallest absolute Gasteiger partial charge is 0.150 e. The lowest BCUT2D eigenvalue weighted by atomic mass is 10.00. The fourth-order valence-corrected chi connectivity index (χ4v) is 0.942. The minimum atomic E-state index is 0.529. The third kappa shape index (κ3) is 1.21. The molecular formula is C8H8O2. The van der Waals surface area contributed by atoms with Gasteiger partial charge >= 0.3 is 0 Å². The van der Waals surface area contributed by atoms with Crippen LogP contribution in [0.15, 0.2) is 23.3 Å². The van der Waals surface area contributed by atoms with Crippen molar-refractivity contribution in [2.24, 2.45) is 0 Å². The molecule has 0 aliphatic heterocycles. The zero-order valence-corrected chi connectivity index (χ0v) is 5.54. The van der Waals surface area contributed by atoms with Gasteiger partial charge in [0.2, 0.25) is 0 Å². The maximum Gasteiger partial charge on any atom is 0.150 e. The highest BCUT2D eigenvalue weighted by Crippen LogP contribution is 2.14. The van der Waals surface area contributed by atoms with Crippen molar-refractivity contribution in [1.82, 2.24) is 0 Å². The Balaban J connectivity index is 2.94. The molecule has 0 aromatic heterocycles. The van der Waals surface area contributed by atoms with Gasteiger partial charge in [0.15, 0.2) is 0 Å². The van der Waals surface area contributed by atoms with Crippen LogP contribution in [0.5, 0.6) is 0 Å². The van der Waals surface area contributed by atoms with Gasteiger partial charge in [-0.15, -0.1) is 0 Å². The molecule has 0 unspecified atom stereocenters. The summed E-state index contributed by atoms with van der Waals surface area (Å²) in [5.74, 6) is 0. The molecule has 0 N–H and O–H groups in total. The highest BCUT2D eigenvalue weighted by molar-refractivity contribution is 5.89. The van der Waals surface area contributed by atoms with E-state index >= 15 is 0 Å². The molecular weight excluding hydrogens is 128 g/mol. The Morgan fingerprint density at radius 3 is 2.60 bits per heavy atom.